The van der Waals surface area contributed by atoms with Gasteiger partial charge < -0.3 is 18.9 Å². The summed E-state index contributed by atoms with van der Waals surface area (Å²) in [5, 5.41) is 24.8. The minimum absolute atomic E-state index is 0.651. The number of fused-ring (bicyclic) bond motifs is 22. The summed E-state index contributed by atoms with van der Waals surface area (Å²) in [5.74, 6) is 3.27. The quantitative estimate of drug-likeness (QED) is 0.0343. The molecule has 0 bridgehead atoms. The molecule has 0 spiro atoms. The average Bonchev–Trinajstić information content (AvgIpc) is 3.46. The number of unbranched alkanes of at least 4 members (excludes halogenated alkanes) is 12. The number of hydrogen-bond donors (Lipinski definition) is 0. The van der Waals surface area contributed by atoms with Gasteiger partial charge in [0.15, 0.2) is 23.0 Å². The minimum atomic E-state index is 0.651. The van der Waals surface area contributed by atoms with E-state index in [0.29, 0.717) is 26.4 Å². The molecular weight excluding hydrogens is 905 g/mol. The summed E-state index contributed by atoms with van der Waals surface area (Å²) in [7, 11) is 0. The van der Waals surface area contributed by atoms with Crippen LogP contribution in [0.3, 0.4) is 0 Å². The van der Waals surface area contributed by atoms with Crippen molar-refractivity contribution < 1.29 is 18.9 Å². The fourth-order valence-electron chi connectivity index (χ4n) is 12.1. The molecule has 0 radical (unpaired) electrons. The molecule has 11 aromatic carbocycles. The molecule has 0 saturated carbocycles. The topological polar surface area (TPSA) is 36.9 Å². The zero-order chi connectivity index (χ0) is 50.4. The highest BCUT2D eigenvalue weighted by Crippen LogP contribution is 2.52. The molecule has 11 aromatic rings. The Bertz CT molecular complexity index is 3560. The number of hydrogen-bond acceptors (Lipinski definition) is 4. The third-order valence-electron chi connectivity index (χ3n) is 15.9. The Morgan fingerprint density at radius 1 is 0.216 bits per heavy atom. The lowest BCUT2D eigenvalue weighted by atomic mass is 9.82. The van der Waals surface area contributed by atoms with E-state index in [0.717, 1.165) is 95.9 Å². The van der Waals surface area contributed by atoms with Crippen LogP contribution in [0.1, 0.15) is 130 Å². The number of ether oxygens (including phenoxy) is 4. The molecule has 0 fully saturated rings. The van der Waals surface area contributed by atoms with Gasteiger partial charge in [-0.3, -0.25) is 0 Å². The lowest BCUT2D eigenvalue weighted by Crippen LogP contribution is -2.04. The first-order valence-electron chi connectivity index (χ1n) is 28.6. The van der Waals surface area contributed by atoms with Crippen molar-refractivity contribution in [2.75, 3.05) is 26.4 Å². The second kappa shape index (κ2) is 22.8. The molecular formula is C70H74O4. The molecule has 11 rings (SSSR count). The van der Waals surface area contributed by atoms with Gasteiger partial charge in [0.1, 0.15) is 0 Å². The molecule has 0 unspecified atom stereocenters. The molecule has 4 heteroatoms. The van der Waals surface area contributed by atoms with Crippen molar-refractivity contribution in [1.82, 2.24) is 0 Å². The maximum absolute atomic E-state index is 6.87. The van der Waals surface area contributed by atoms with Gasteiger partial charge in [0.25, 0.3) is 0 Å². The van der Waals surface area contributed by atoms with Gasteiger partial charge in [-0.25, -0.2) is 0 Å². The summed E-state index contributed by atoms with van der Waals surface area (Å²) in [6, 6.07) is 50.6. The van der Waals surface area contributed by atoms with Crippen LogP contribution in [0.5, 0.6) is 23.0 Å². The largest absolute Gasteiger partial charge is 0.490 e. The fourth-order valence-corrected chi connectivity index (χ4v) is 12.1. The predicted molar refractivity (Wildman–Crippen MR) is 320 cm³/mol. The van der Waals surface area contributed by atoms with Crippen LogP contribution < -0.4 is 18.9 Å². The predicted octanol–water partition coefficient (Wildman–Crippen LogP) is 21.1. The first-order chi connectivity index (χ1) is 36.6. The van der Waals surface area contributed by atoms with Crippen molar-refractivity contribution in [3.05, 3.63) is 133 Å². The van der Waals surface area contributed by atoms with Crippen LogP contribution in [0.2, 0.25) is 0 Å². The second-order valence-electron chi connectivity index (χ2n) is 21.0. The third-order valence-corrected chi connectivity index (χ3v) is 15.9. The SMILES string of the molecule is CCCCCCOc1cc2c3cc(OCCCCCC)c(OCCCCCC)cc3c3cc4c(cc3c2cc1OCCCCCC)c1c2ccccc2c2ccccc2c1c1c2ccccc2c2ccccc2c41. The van der Waals surface area contributed by atoms with E-state index in [-0.39, 0.29) is 0 Å². The highest BCUT2D eigenvalue weighted by Gasteiger charge is 2.24. The number of benzene rings is 11. The molecule has 74 heavy (non-hydrogen) atoms. The molecule has 0 saturated heterocycles. The van der Waals surface area contributed by atoms with E-state index in [2.05, 4.69) is 161 Å². The Hall–Kier alpha value is -6.78. The van der Waals surface area contributed by atoms with Gasteiger partial charge in [0, 0.05) is 0 Å². The Kier molecular flexibility index (Phi) is 15.2. The maximum atomic E-state index is 6.87. The van der Waals surface area contributed by atoms with E-state index in [1.54, 1.807) is 0 Å². The van der Waals surface area contributed by atoms with E-state index >= 15 is 0 Å². The van der Waals surface area contributed by atoms with Gasteiger partial charge >= 0.3 is 0 Å². The van der Waals surface area contributed by atoms with Crippen LogP contribution in [-0.4, -0.2) is 26.4 Å². The molecule has 0 aliphatic rings. The van der Waals surface area contributed by atoms with E-state index in [4.69, 9.17) is 18.9 Å². The summed E-state index contributed by atoms with van der Waals surface area (Å²) in [6.07, 6.45) is 18.2. The molecule has 4 nitrogen and oxygen atoms in total. The number of rotatable bonds is 24. The average molecular weight is 979 g/mol. The molecule has 0 aliphatic carbocycles. The molecule has 0 N–H and O–H groups in total. The van der Waals surface area contributed by atoms with E-state index in [9.17, 15) is 0 Å². The van der Waals surface area contributed by atoms with Gasteiger partial charge in [-0.15, -0.1) is 0 Å². The summed E-state index contributed by atoms with van der Waals surface area (Å²) in [6.45, 7) is 11.7. The highest BCUT2D eigenvalue weighted by atomic mass is 16.5. The smallest absolute Gasteiger partial charge is 0.161 e. The Labute approximate surface area is 437 Å². The van der Waals surface area contributed by atoms with Crippen LogP contribution in [0.4, 0.5) is 0 Å². The molecule has 0 aromatic heterocycles. The van der Waals surface area contributed by atoms with Gasteiger partial charge in [-0.2, -0.15) is 0 Å². The Morgan fingerprint density at radius 3 is 0.703 bits per heavy atom. The van der Waals surface area contributed by atoms with Crippen molar-refractivity contribution in [1.29, 1.82) is 0 Å². The highest BCUT2D eigenvalue weighted by molar-refractivity contribution is 6.47. The molecule has 0 heterocycles. The van der Waals surface area contributed by atoms with E-state index < -0.39 is 0 Å². The van der Waals surface area contributed by atoms with Crippen molar-refractivity contribution >= 4 is 108 Å². The summed E-state index contributed by atoms with van der Waals surface area (Å²) in [4.78, 5) is 0. The zero-order valence-corrected chi connectivity index (χ0v) is 44.5. The summed E-state index contributed by atoms with van der Waals surface area (Å²) in [5.41, 5.74) is 0. The van der Waals surface area contributed by atoms with Crippen molar-refractivity contribution in [2.45, 2.75) is 130 Å². The normalized spacial score (nSPS) is 12.1. The zero-order valence-electron chi connectivity index (χ0n) is 44.5. The Morgan fingerprint density at radius 2 is 0.446 bits per heavy atom. The lowest BCUT2D eigenvalue weighted by Gasteiger charge is -2.22. The first-order valence-corrected chi connectivity index (χ1v) is 28.6. The monoisotopic (exact) mass is 979 g/mol. The molecule has 378 valence electrons. The molecule has 0 amide bonds. The van der Waals surface area contributed by atoms with Gasteiger partial charge in [0.2, 0.25) is 0 Å². The van der Waals surface area contributed by atoms with Crippen LogP contribution in [0.15, 0.2) is 133 Å². The second-order valence-corrected chi connectivity index (χ2v) is 21.0. The fraction of sp³-hybridized carbons (Fsp3) is 0.343. The van der Waals surface area contributed by atoms with Gasteiger partial charge in [0.05, 0.1) is 26.4 Å². The van der Waals surface area contributed by atoms with Crippen LogP contribution in [-0.2, 0) is 0 Å². The standard InChI is InChI=1S/C70H74O4/c1-5-9-13-25-37-71-63-43-57-55-41-61-62(68-52-34-22-18-30-48(52)50-32-20-24-36-54(50)70(68)69-53-35-23-19-31-49(53)47-29-17-21-33-51(47)67(61)69)42-56(55)58-44-64(72-38-26-14-10-6-2)66(74-40-28-16-12-8-4)46-60(58)59(57)45-65(63)73-39-27-15-11-7-3/h17-24,29-36,41-46H,5-16,25-28,37-40H2,1-4H3. The van der Waals surface area contributed by atoms with Crippen LogP contribution >= 0.6 is 0 Å². The van der Waals surface area contributed by atoms with Crippen LogP contribution in [0, 0.1) is 0 Å². The third kappa shape index (κ3) is 9.39. The summed E-state index contributed by atoms with van der Waals surface area (Å²) < 4.78 is 27.4. The van der Waals surface area contributed by atoms with Crippen molar-refractivity contribution in [2.24, 2.45) is 0 Å². The minimum Gasteiger partial charge on any atom is -0.490 e. The van der Waals surface area contributed by atoms with E-state index in [1.807, 2.05) is 0 Å². The van der Waals surface area contributed by atoms with Crippen molar-refractivity contribution in [3.8, 4) is 23.0 Å². The lowest BCUT2D eigenvalue weighted by molar-refractivity contribution is 0.259. The van der Waals surface area contributed by atoms with Gasteiger partial charge in [-0.1, -0.05) is 202 Å². The molecule has 0 aliphatic heterocycles. The maximum Gasteiger partial charge on any atom is 0.161 e. The van der Waals surface area contributed by atoms with Gasteiger partial charge in [-0.05, 0) is 170 Å². The van der Waals surface area contributed by atoms with Crippen molar-refractivity contribution in [3.63, 3.8) is 0 Å². The summed E-state index contributed by atoms with van der Waals surface area (Å²) >= 11 is 0. The first kappa shape index (κ1) is 49.4. The molecule has 0 atom stereocenters. The van der Waals surface area contributed by atoms with Crippen LogP contribution in [0.25, 0.3) is 108 Å². The Balaban J connectivity index is 1.29. The van der Waals surface area contributed by atoms with E-state index in [1.165, 1.54) is 138 Å².